The predicted molar refractivity (Wildman–Crippen MR) is 115 cm³/mol. The fourth-order valence-electron chi connectivity index (χ4n) is 3.95. The molecule has 0 radical (unpaired) electrons. The van der Waals surface area contributed by atoms with Gasteiger partial charge in [0.05, 0.1) is 17.0 Å². The lowest BCUT2D eigenvalue weighted by atomic mass is 10.0. The summed E-state index contributed by atoms with van der Waals surface area (Å²) in [5, 5.41) is 2.78. The van der Waals surface area contributed by atoms with Crippen molar-refractivity contribution in [3.8, 4) is 0 Å². The van der Waals surface area contributed by atoms with E-state index in [1.54, 1.807) is 6.07 Å². The molecule has 0 saturated carbocycles. The SMILES string of the molecule is CCN(CC)CCN(C)Cc1ccc2c(n1)CO/C2=C1\C(=O)Nc2ccc(F)cc21. The second-order valence-corrected chi connectivity index (χ2v) is 7.70. The molecule has 4 rings (SSSR count). The van der Waals surface area contributed by atoms with Gasteiger partial charge in [-0.15, -0.1) is 0 Å². The second kappa shape index (κ2) is 8.53. The zero-order chi connectivity index (χ0) is 21.3. The molecule has 6 nitrogen and oxygen atoms in total. The lowest BCUT2D eigenvalue weighted by Crippen LogP contribution is -2.33. The van der Waals surface area contributed by atoms with Crippen molar-refractivity contribution in [2.24, 2.45) is 0 Å². The number of rotatable bonds is 7. The van der Waals surface area contributed by atoms with Crippen LogP contribution in [0.1, 0.15) is 36.4 Å². The number of fused-ring (bicyclic) bond motifs is 2. The normalized spacial score (nSPS) is 17.3. The van der Waals surface area contributed by atoms with Gasteiger partial charge in [-0.1, -0.05) is 13.8 Å². The maximum atomic E-state index is 13.8. The number of carbonyl (C=O) groups is 1. The van der Waals surface area contributed by atoms with Gasteiger partial charge in [0.2, 0.25) is 0 Å². The van der Waals surface area contributed by atoms with Crippen molar-refractivity contribution < 1.29 is 13.9 Å². The van der Waals surface area contributed by atoms with Crippen LogP contribution in [-0.2, 0) is 22.7 Å². The number of hydrogen-bond acceptors (Lipinski definition) is 5. The number of benzene rings is 1. The Bertz CT molecular complexity index is 1000. The topological polar surface area (TPSA) is 57.7 Å². The van der Waals surface area contributed by atoms with E-state index < -0.39 is 0 Å². The summed E-state index contributed by atoms with van der Waals surface area (Å²) >= 11 is 0. The molecule has 0 bridgehead atoms. The number of nitrogens with zero attached hydrogens (tertiary/aromatic N) is 3. The summed E-state index contributed by atoms with van der Waals surface area (Å²) in [7, 11) is 2.09. The zero-order valence-corrected chi connectivity index (χ0v) is 17.7. The predicted octanol–water partition coefficient (Wildman–Crippen LogP) is 3.34. The molecule has 0 fully saturated rings. The standard InChI is InChI=1S/C23H27FN4O2/c1-4-28(5-2)11-10-27(3)13-16-7-8-17-20(25-16)14-30-22(17)21-18-12-15(24)6-9-19(18)26-23(21)29/h6-9,12H,4-5,10-11,13-14H2,1-3H3,(H,26,29)/b22-21-. The van der Waals surface area contributed by atoms with Gasteiger partial charge in [-0.05, 0) is 50.5 Å². The number of nitrogens with one attached hydrogen (secondary N) is 1. The summed E-state index contributed by atoms with van der Waals surface area (Å²) in [5.74, 6) is -0.192. The third-order valence-corrected chi connectivity index (χ3v) is 5.71. The Kier molecular flexibility index (Phi) is 5.83. The molecule has 7 heteroatoms. The first-order chi connectivity index (χ1) is 14.5. The number of anilines is 1. The molecule has 1 aromatic carbocycles. The Labute approximate surface area is 176 Å². The summed E-state index contributed by atoms with van der Waals surface area (Å²) in [4.78, 5) is 21.9. The highest BCUT2D eigenvalue weighted by atomic mass is 19.1. The summed E-state index contributed by atoms with van der Waals surface area (Å²) < 4.78 is 19.6. The second-order valence-electron chi connectivity index (χ2n) is 7.70. The number of hydrogen-bond donors (Lipinski definition) is 1. The highest BCUT2D eigenvalue weighted by molar-refractivity contribution is 6.36. The van der Waals surface area contributed by atoms with Crippen LogP contribution in [0.3, 0.4) is 0 Å². The lowest BCUT2D eigenvalue weighted by Gasteiger charge is -2.22. The Balaban J connectivity index is 1.54. The van der Waals surface area contributed by atoms with E-state index in [0.29, 0.717) is 29.2 Å². The Morgan fingerprint density at radius 2 is 1.93 bits per heavy atom. The van der Waals surface area contributed by atoms with Gasteiger partial charge in [-0.2, -0.15) is 0 Å². The summed E-state index contributed by atoms with van der Waals surface area (Å²) in [6, 6.07) is 8.20. The zero-order valence-electron chi connectivity index (χ0n) is 17.7. The smallest absolute Gasteiger partial charge is 0.260 e. The molecule has 2 aromatic rings. The number of pyridine rings is 1. The molecule has 1 aromatic heterocycles. The monoisotopic (exact) mass is 410 g/mol. The number of carbonyl (C=O) groups excluding carboxylic acids is 1. The number of amides is 1. The van der Waals surface area contributed by atoms with Crippen LogP contribution in [0.2, 0.25) is 0 Å². The molecule has 0 aliphatic carbocycles. The average molecular weight is 410 g/mol. The van der Waals surface area contributed by atoms with E-state index in [4.69, 9.17) is 9.72 Å². The molecule has 30 heavy (non-hydrogen) atoms. The van der Waals surface area contributed by atoms with Crippen molar-refractivity contribution in [1.82, 2.24) is 14.8 Å². The van der Waals surface area contributed by atoms with Gasteiger partial charge >= 0.3 is 0 Å². The molecule has 158 valence electrons. The Morgan fingerprint density at radius 1 is 1.13 bits per heavy atom. The third-order valence-electron chi connectivity index (χ3n) is 5.71. The van der Waals surface area contributed by atoms with Crippen LogP contribution in [0.15, 0.2) is 30.3 Å². The van der Waals surface area contributed by atoms with E-state index in [2.05, 4.69) is 36.0 Å². The van der Waals surface area contributed by atoms with Crippen molar-refractivity contribution in [1.29, 1.82) is 0 Å². The van der Waals surface area contributed by atoms with Gasteiger partial charge in [-0.25, -0.2) is 4.39 Å². The number of aromatic nitrogens is 1. The van der Waals surface area contributed by atoms with Gasteiger partial charge in [0.25, 0.3) is 5.91 Å². The molecule has 3 heterocycles. The molecule has 2 aliphatic rings. The minimum Gasteiger partial charge on any atom is -0.486 e. The number of ether oxygens (including phenoxy) is 1. The summed E-state index contributed by atoms with van der Waals surface area (Å²) in [6.07, 6.45) is 0. The van der Waals surface area contributed by atoms with E-state index in [0.717, 1.165) is 49.7 Å². The number of likely N-dealkylation sites (N-methyl/N-ethyl adjacent to an activating group) is 2. The van der Waals surface area contributed by atoms with E-state index in [1.165, 1.54) is 12.1 Å². The highest BCUT2D eigenvalue weighted by Crippen LogP contribution is 2.41. The number of halogens is 1. The Morgan fingerprint density at radius 3 is 2.70 bits per heavy atom. The van der Waals surface area contributed by atoms with Gasteiger partial charge < -0.3 is 15.0 Å². The van der Waals surface area contributed by atoms with Crippen molar-refractivity contribution in [2.75, 3.05) is 38.5 Å². The molecule has 0 unspecified atom stereocenters. The van der Waals surface area contributed by atoms with Crippen LogP contribution in [0.25, 0.3) is 11.3 Å². The van der Waals surface area contributed by atoms with E-state index >= 15 is 0 Å². The van der Waals surface area contributed by atoms with Crippen LogP contribution < -0.4 is 5.32 Å². The first kappa shape index (κ1) is 20.5. The van der Waals surface area contributed by atoms with Crippen LogP contribution in [0, 0.1) is 5.82 Å². The van der Waals surface area contributed by atoms with Gasteiger partial charge in [0.1, 0.15) is 18.2 Å². The first-order valence-corrected chi connectivity index (χ1v) is 10.4. The van der Waals surface area contributed by atoms with E-state index in [1.807, 2.05) is 12.1 Å². The van der Waals surface area contributed by atoms with E-state index in [9.17, 15) is 9.18 Å². The average Bonchev–Trinajstić information content (AvgIpc) is 3.27. The van der Waals surface area contributed by atoms with Crippen molar-refractivity contribution >= 4 is 22.9 Å². The largest absolute Gasteiger partial charge is 0.486 e. The van der Waals surface area contributed by atoms with Crippen LogP contribution in [0.4, 0.5) is 10.1 Å². The van der Waals surface area contributed by atoms with Crippen molar-refractivity contribution in [3.63, 3.8) is 0 Å². The lowest BCUT2D eigenvalue weighted by molar-refractivity contribution is -0.110. The quantitative estimate of drug-likeness (QED) is 0.710. The molecule has 0 saturated heterocycles. The van der Waals surface area contributed by atoms with Crippen LogP contribution >= 0.6 is 0 Å². The first-order valence-electron chi connectivity index (χ1n) is 10.4. The minimum atomic E-state index is -0.386. The van der Waals surface area contributed by atoms with Crippen molar-refractivity contribution in [2.45, 2.75) is 27.0 Å². The fraction of sp³-hybridized carbons (Fsp3) is 0.391. The molecule has 2 aliphatic heterocycles. The van der Waals surface area contributed by atoms with Gasteiger partial charge in [0, 0.05) is 36.4 Å². The minimum absolute atomic E-state index is 0.279. The van der Waals surface area contributed by atoms with Gasteiger partial charge in [0.15, 0.2) is 0 Å². The molecule has 0 atom stereocenters. The van der Waals surface area contributed by atoms with Gasteiger partial charge in [-0.3, -0.25) is 14.7 Å². The maximum absolute atomic E-state index is 13.8. The molecule has 0 spiro atoms. The van der Waals surface area contributed by atoms with Crippen LogP contribution in [0.5, 0.6) is 0 Å². The molecular formula is C23H27FN4O2. The molecule has 1 amide bonds. The summed E-state index contributed by atoms with van der Waals surface area (Å²) in [6.45, 7) is 9.50. The Hall–Kier alpha value is -2.77. The maximum Gasteiger partial charge on any atom is 0.260 e. The fourth-order valence-corrected chi connectivity index (χ4v) is 3.95. The van der Waals surface area contributed by atoms with Crippen molar-refractivity contribution in [3.05, 3.63) is 58.7 Å². The molecule has 1 N–H and O–H groups in total. The summed E-state index contributed by atoms with van der Waals surface area (Å²) in [5.41, 5.74) is 4.07. The molecular weight excluding hydrogens is 383 g/mol. The van der Waals surface area contributed by atoms with E-state index in [-0.39, 0.29) is 11.7 Å². The van der Waals surface area contributed by atoms with Crippen LogP contribution in [-0.4, -0.2) is 53.9 Å². The third kappa shape index (κ3) is 3.95. The highest BCUT2D eigenvalue weighted by Gasteiger charge is 2.33.